The number of H-pyrrole nitrogens is 1. The van der Waals surface area contributed by atoms with Gasteiger partial charge in [0.15, 0.2) is 11.0 Å². The number of aromatic amines is 1. The second-order valence-corrected chi connectivity index (χ2v) is 5.91. The van der Waals surface area contributed by atoms with Crippen molar-refractivity contribution >= 4 is 34.4 Å². The van der Waals surface area contributed by atoms with Crippen molar-refractivity contribution in [3.63, 3.8) is 0 Å². The fraction of sp³-hybridized carbons (Fsp3) is 0.250. The Morgan fingerprint density at radius 3 is 2.95 bits per heavy atom. The molecule has 1 N–H and O–H groups in total. The zero-order valence-corrected chi connectivity index (χ0v) is 11.9. The van der Waals surface area contributed by atoms with Crippen LogP contribution in [0.3, 0.4) is 0 Å². The third kappa shape index (κ3) is 2.59. The van der Waals surface area contributed by atoms with Crippen LogP contribution in [0.4, 0.5) is 0 Å². The maximum absolute atomic E-state index is 5.94. The molecule has 0 fully saturated rings. The number of aryl methyl sites for hydroxylation is 1. The van der Waals surface area contributed by atoms with Gasteiger partial charge in [-0.25, -0.2) is 4.98 Å². The molecule has 98 valence electrons. The molecule has 2 aromatic heterocycles. The lowest BCUT2D eigenvalue weighted by Gasteiger charge is -2.01. The molecule has 0 spiro atoms. The minimum atomic E-state index is 0.0391. The summed E-state index contributed by atoms with van der Waals surface area (Å²) in [4.78, 5) is 11.9. The monoisotopic (exact) mass is 294 g/mol. The molecule has 1 aromatic carbocycles. The van der Waals surface area contributed by atoms with Gasteiger partial charge in [0.05, 0.1) is 16.3 Å². The third-order valence-electron chi connectivity index (χ3n) is 2.60. The highest BCUT2D eigenvalue weighted by molar-refractivity contribution is 7.99. The van der Waals surface area contributed by atoms with Gasteiger partial charge in [0, 0.05) is 5.02 Å². The molecule has 0 bridgehead atoms. The summed E-state index contributed by atoms with van der Waals surface area (Å²) in [6.07, 6.45) is 0. The summed E-state index contributed by atoms with van der Waals surface area (Å²) in [5.41, 5.74) is 1.81. The molecule has 0 amide bonds. The molecule has 5 nitrogen and oxygen atoms in total. The van der Waals surface area contributed by atoms with E-state index in [9.17, 15) is 0 Å². The molecule has 0 saturated heterocycles. The topological polar surface area (TPSA) is 67.6 Å². The van der Waals surface area contributed by atoms with E-state index < -0.39 is 0 Å². The van der Waals surface area contributed by atoms with Gasteiger partial charge in [0.2, 0.25) is 5.89 Å². The second-order valence-electron chi connectivity index (χ2n) is 4.14. The molecule has 0 aliphatic heterocycles. The molecular formula is C12H11ClN4OS. The van der Waals surface area contributed by atoms with Crippen LogP contribution in [0.5, 0.6) is 0 Å². The molecule has 0 aliphatic rings. The minimum absolute atomic E-state index is 0.0391. The molecule has 7 heteroatoms. The summed E-state index contributed by atoms with van der Waals surface area (Å²) < 4.78 is 5.15. The first-order valence-corrected chi connectivity index (χ1v) is 7.00. The number of aromatic nitrogens is 4. The molecule has 0 aliphatic carbocycles. The summed E-state index contributed by atoms with van der Waals surface area (Å²) >= 11 is 7.48. The number of nitrogens with zero attached hydrogens (tertiary/aromatic N) is 3. The van der Waals surface area contributed by atoms with Crippen LogP contribution >= 0.6 is 23.4 Å². The number of halogens is 1. The molecule has 1 atom stereocenters. The van der Waals surface area contributed by atoms with Crippen LogP contribution < -0.4 is 0 Å². The molecule has 3 aromatic rings. The van der Waals surface area contributed by atoms with E-state index in [0.29, 0.717) is 16.7 Å². The Morgan fingerprint density at radius 1 is 1.37 bits per heavy atom. The Hall–Kier alpha value is -1.53. The predicted molar refractivity (Wildman–Crippen MR) is 74.4 cm³/mol. The number of thioether (sulfide) groups is 1. The number of imidazole rings is 1. The lowest BCUT2D eigenvalue weighted by Crippen LogP contribution is -1.89. The number of nitrogens with one attached hydrogen (secondary N) is 1. The highest BCUT2D eigenvalue weighted by atomic mass is 35.5. The van der Waals surface area contributed by atoms with E-state index >= 15 is 0 Å². The fourth-order valence-electron chi connectivity index (χ4n) is 1.71. The zero-order chi connectivity index (χ0) is 13.4. The average molecular weight is 295 g/mol. The van der Waals surface area contributed by atoms with Gasteiger partial charge in [0.25, 0.3) is 0 Å². The van der Waals surface area contributed by atoms with E-state index in [1.165, 1.54) is 11.8 Å². The molecule has 19 heavy (non-hydrogen) atoms. The Morgan fingerprint density at radius 2 is 2.21 bits per heavy atom. The second kappa shape index (κ2) is 4.86. The quantitative estimate of drug-likeness (QED) is 0.745. The van der Waals surface area contributed by atoms with Crippen LogP contribution in [0.1, 0.15) is 23.9 Å². The Balaban J connectivity index is 1.85. The molecule has 2 heterocycles. The highest BCUT2D eigenvalue weighted by Gasteiger charge is 2.16. The van der Waals surface area contributed by atoms with Crippen LogP contribution in [-0.2, 0) is 0 Å². The van der Waals surface area contributed by atoms with Crippen molar-refractivity contribution in [3.8, 4) is 0 Å². The van der Waals surface area contributed by atoms with Crippen molar-refractivity contribution in [3.05, 3.63) is 34.9 Å². The first-order valence-electron chi connectivity index (χ1n) is 5.74. The van der Waals surface area contributed by atoms with Gasteiger partial charge in [0.1, 0.15) is 0 Å². The lowest BCUT2D eigenvalue weighted by molar-refractivity contribution is 0.376. The SMILES string of the molecule is Cc1noc(C(C)Sc2nc3ccc(Cl)cc3[nH]2)n1. The maximum atomic E-state index is 5.94. The maximum Gasteiger partial charge on any atom is 0.239 e. The van der Waals surface area contributed by atoms with Crippen molar-refractivity contribution in [2.24, 2.45) is 0 Å². The summed E-state index contributed by atoms with van der Waals surface area (Å²) in [6, 6.07) is 5.57. The van der Waals surface area contributed by atoms with Crippen LogP contribution in [0.25, 0.3) is 11.0 Å². The lowest BCUT2D eigenvalue weighted by atomic mass is 10.3. The van der Waals surface area contributed by atoms with Gasteiger partial charge in [-0.1, -0.05) is 28.5 Å². The van der Waals surface area contributed by atoms with Crippen LogP contribution in [0.15, 0.2) is 27.9 Å². The summed E-state index contributed by atoms with van der Waals surface area (Å²) in [7, 11) is 0. The molecule has 0 radical (unpaired) electrons. The summed E-state index contributed by atoms with van der Waals surface area (Å²) in [5, 5.41) is 5.32. The number of hydrogen-bond acceptors (Lipinski definition) is 5. The van der Waals surface area contributed by atoms with E-state index in [4.69, 9.17) is 16.1 Å². The summed E-state index contributed by atoms with van der Waals surface area (Å²) in [6.45, 7) is 3.80. The van der Waals surface area contributed by atoms with Gasteiger partial charge in [-0.3, -0.25) is 0 Å². The van der Waals surface area contributed by atoms with Crippen molar-refractivity contribution in [1.82, 2.24) is 20.1 Å². The summed E-state index contributed by atoms with van der Waals surface area (Å²) in [5.74, 6) is 1.24. The predicted octanol–water partition coefficient (Wildman–Crippen LogP) is 3.76. The molecule has 1 unspecified atom stereocenters. The van der Waals surface area contributed by atoms with Gasteiger partial charge < -0.3 is 9.51 Å². The Kier molecular flexibility index (Phi) is 3.20. The fourth-order valence-corrected chi connectivity index (χ4v) is 2.73. The minimum Gasteiger partial charge on any atom is -0.338 e. The van der Waals surface area contributed by atoms with Crippen molar-refractivity contribution in [1.29, 1.82) is 0 Å². The largest absolute Gasteiger partial charge is 0.338 e. The average Bonchev–Trinajstić information content (AvgIpc) is 2.94. The van der Waals surface area contributed by atoms with Gasteiger partial charge in [-0.05, 0) is 32.0 Å². The number of rotatable bonds is 3. The zero-order valence-electron chi connectivity index (χ0n) is 10.3. The van der Waals surface area contributed by atoms with E-state index in [0.717, 1.165) is 16.2 Å². The van der Waals surface area contributed by atoms with Crippen molar-refractivity contribution < 1.29 is 4.52 Å². The standard InChI is InChI=1S/C12H11ClN4OS/c1-6(11-14-7(2)17-18-11)19-12-15-9-4-3-8(13)5-10(9)16-12/h3-6H,1-2H3,(H,15,16). The van der Waals surface area contributed by atoms with E-state index in [1.807, 2.05) is 25.1 Å². The van der Waals surface area contributed by atoms with Gasteiger partial charge in [-0.15, -0.1) is 0 Å². The third-order valence-corrected chi connectivity index (χ3v) is 3.81. The normalized spacial score (nSPS) is 13.0. The highest BCUT2D eigenvalue weighted by Crippen LogP contribution is 2.33. The molecular weight excluding hydrogens is 284 g/mol. The molecule has 0 saturated carbocycles. The van der Waals surface area contributed by atoms with Crippen molar-refractivity contribution in [2.45, 2.75) is 24.3 Å². The number of benzene rings is 1. The number of fused-ring (bicyclic) bond motifs is 1. The van der Waals surface area contributed by atoms with Crippen LogP contribution in [0.2, 0.25) is 5.02 Å². The Labute approximate surface area is 118 Å². The van der Waals surface area contributed by atoms with Crippen LogP contribution in [0, 0.1) is 6.92 Å². The molecule has 3 rings (SSSR count). The van der Waals surface area contributed by atoms with Crippen LogP contribution in [-0.4, -0.2) is 20.1 Å². The van der Waals surface area contributed by atoms with E-state index in [1.54, 1.807) is 6.92 Å². The van der Waals surface area contributed by atoms with E-state index in [-0.39, 0.29) is 5.25 Å². The van der Waals surface area contributed by atoms with Crippen molar-refractivity contribution in [2.75, 3.05) is 0 Å². The Bertz CT molecular complexity index is 723. The van der Waals surface area contributed by atoms with Gasteiger partial charge >= 0.3 is 0 Å². The van der Waals surface area contributed by atoms with E-state index in [2.05, 4.69) is 20.1 Å². The number of hydrogen-bond donors (Lipinski definition) is 1. The van der Waals surface area contributed by atoms with Gasteiger partial charge in [-0.2, -0.15) is 4.98 Å². The first kappa shape index (κ1) is 12.5. The smallest absolute Gasteiger partial charge is 0.239 e. The first-order chi connectivity index (χ1) is 9.11.